The van der Waals surface area contributed by atoms with E-state index in [0.717, 1.165) is 41.6 Å². The van der Waals surface area contributed by atoms with Crippen molar-refractivity contribution >= 4 is 22.9 Å². The fourth-order valence-electron chi connectivity index (χ4n) is 2.79. The number of hydrogen-bond donors (Lipinski definition) is 1. The molecule has 1 N–H and O–H groups in total. The zero-order chi connectivity index (χ0) is 14.8. The lowest BCUT2D eigenvalue weighted by atomic mass is 10.1. The maximum absolute atomic E-state index is 12.5. The first kappa shape index (κ1) is 13.9. The molecule has 1 aliphatic heterocycles. The third-order valence-electron chi connectivity index (χ3n) is 3.99. The number of nitrogens with zero attached hydrogens (tertiary/aromatic N) is 1. The van der Waals surface area contributed by atoms with Gasteiger partial charge in [0.2, 0.25) is 0 Å². The second kappa shape index (κ2) is 5.74. The summed E-state index contributed by atoms with van der Waals surface area (Å²) in [7, 11) is 0. The first-order chi connectivity index (χ1) is 10.2. The molecule has 1 aromatic heterocycles. The molecule has 3 rings (SSSR count). The number of ether oxygens (including phenoxy) is 1. The summed E-state index contributed by atoms with van der Waals surface area (Å²) in [6, 6.07) is 6.19. The van der Waals surface area contributed by atoms with Crippen LogP contribution < -0.4 is 5.32 Å². The number of carbonyl (C=O) groups excluding carboxylic acids is 1. The summed E-state index contributed by atoms with van der Waals surface area (Å²) < 4.78 is 7.41. The van der Waals surface area contributed by atoms with E-state index >= 15 is 0 Å². The highest BCUT2D eigenvalue weighted by atomic mass is 16.5. The molecule has 2 aromatic rings. The molecule has 4 heteroatoms. The van der Waals surface area contributed by atoms with Crippen LogP contribution in [-0.2, 0) is 11.3 Å². The molecule has 4 nitrogen and oxygen atoms in total. The van der Waals surface area contributed by atoms with E-state index < -0.39 is 0 Å². The molecule has 1 aromatic carbocycles. The molecule has 1 amide bonds. The van der Waals surface area contributed by atoms with Crippen LogP contribution in [0.25, 0.3) is 17.0 Å². The van der Waals surface area contributed by atoms with E-state index in [1.165, 1.54) is 0 Å². The lowest BCUT2D eigenvalue weighted by molar-refractivity contribution is 0.0931. The number of carbonyl (C=O) groups is 1. The van der Waals surface area contributed by atoms with E-state index in [0.29, 0.717) is 6.61 Å². The minimum absolute atomic E-state index is 0.0194. The van der Waals surface area contributed by atoms with Gasteiger partial charge in [0, 0.05) is 30.3 Å². The van der Waals surface area contributed by atoms with E-state index in [9.17, 15) is 4.79 Å². The molecule has 110 valence electrons. The number of aryl methyl sites for hydroxylation is 1. The highest BCUT2D eigenvalue weighted by molar-refractivity contribution is 6.07. The van der Waals surface area contributed by atoms with Crippen LogP contribution in [0.2, 0.25) is 0 Å². The number of amides is 1. The Morgan fingerprint density at radius 1 is 1.57 bits per heavy atom. The monoisotopic (exact) mass is 284 g/mol. The predicted octanol–water partition coefficient (Wildman–Crippen LogP) is 2.82. The molecule has 1 atom stereocenters. The Balaban J connectivity index is 1.97. The maximum atomic E-state index is 12.5. The topological polar surface area (TPSA) is 43.3 Å². The fraction of sp³-hybridized carbons (Fsp3) is 0.353. The first-order valence-corrected chi connectivity index (χ1v) is 7.37. The zero-order valence-electron chi connectivity index (χ0n) is 12.3. The molecule has 1 saturated heterocycles. The zero-order valence-corrected chi connectivity index (χ0v) is 12.3. The minimum Gasteiger partial charge on any atom is -0.379 e. The Hall–Kier alpha value is -2.07. The number of fused-ring (bicyclic) bond motifs is 1. The van der Waals surface area contributed by atoms with Crippen molar-refractivity contribution in [2.45, 2.75) is 25.9 Å². The van der Waals surface area contributed by atoms with Crippen molar-refractivity contribution in [3.63, 3.8) is 0 Å². The van der Waals surface area contributed by atoms with Gasteiger partial charge in [0.05, 0.1) is 18.2 Å². The van der Waals surface area contributed by atoms with Gasteiger partial charge < -0.3 is 14.6 Å². The van der Waals surface area contributed by atoms with Gasteiger partial charge in [0.25, 0.3) is 5.91 Å². The Morgan fingerprint density at radius 3 is 3.10 bits per heavy atom. The van der Waals surface area contributed by atoms with Gasteiger partial charge in [-0.05, 0) is 25.0 Å². The summed E-state index contributed by atoms with van der Waals surface area (Å²) in [5.74, 6) is -0.0194. The molecule has 1 fully saturated rings. The molecule has 0 radical (unpaired) electrons. The second-order valence-corrected chi connectivity index (χ2v) is 5.34. The molecule has 0 saturated carbocycles. The average molecular weight is 284 g/mol. The number of nitrogens with one attached hydrogen (secondary N) is 1. The lowest BCUT2D eigenvalue weighted by Gasteiger charge is -2.09. The van der Waals surface area contributed by atoms with Gasteiger partial charge in [-0.25, -0.2) is 0 Å². The summed E-state index contributed by atoms with van der Waals surface area (Å²) >= 11 is 0. The molecular formula is C17H20N2O2. The SMILES string of the molecule is C=Cc1ccc2c(C(=O)NC3CCOC3)cn(CC)c2c1. The van der Waals surface area contributed by atoms with E-state index in [1.807, 2.05) is 24.4 Å². The van der Waals surface area contributed by atoms with Crippen LogP contribution in [0.1, 0.15) is 29.3 Å². The predicted molar refractivity (Wildman–Crippen MR) is 84.4 cm³/mol. The van der Waals surface area contributed by atoms with Crippen molar-refractivity contribution in [2.24, 2.45) is 0 Å². The van der Waals surface area contributed by atoms with Crippen LogP contribution in [0.4, 0.5) is 0 Å². The quantitative estimate of drug-likeness (QED) is 0.938. The number of rotatable bonds is 4. The third-order valence-corrected chi connectivity index (χ3v) is 3.99. The fourth-order valence-corrected chi connectivity index (χ4v) is 2.79. The molecule has 1 unspecified atom stereocenters. The maximum Gasteiger partial charge on any atom is 0.253 e. The van der Waals surface area contributed by atoms with E-state index in [2.05, 4.69) is 29.5 Å². The van der Waals surface area contributed by atoms with Gasteiger partial charge in [-0.2, -0.15) is 0 Å². The molecule has 0 aliphatic carbocycles. The Bertz CT molecular complexity index is 681. The van der Waals surface area contributed by atoms with Crippen LogP contribution >= 0.6 is 0 Å². The van der Waals surface area contributed by atoms with Gasteiger partial charge in [0.1, 0.15) is 0 Å². The van der Waals surface area contributed by atoms with Crippen molar-refractivity contribution in [3.8, 4) is 0 Å². The minimum atomic E-state index is -0.0194. The van der Waals surface area contributed by atoms with E-state index in [1.54, 1.807) is 0 Å². The summed E-state index contributed by atoms with van der Waals surface area (Å²) in [4.78, 5) is 12.5. The second-order valence-electron chi connectivity index (χ2n) is 5.34. The van der Waals surface area contributed by atoms with E-state index in [-0.39, 0.29) is 11.9 Å². The Morgan fingerprint density at radius 2 is 2.43 bits per heavy atom. The van der Waals surface area contributed by atoms with Gasteiger partial charge in [0.15, 0.2) is 0 Å². The van der Waals surface area contributed by atoms with Gasteiger partial charge >= 0.3 is 0 Å². The van der Waals surface area contributed by atoms with Crippen molar-refractivity contribution < 1.29 is 9.53 Å². The summed E-state index contributed by atoms with van der Waals surface area (Å²) in [5.41, 5.74) is 2.86. The average Bonchev–Trinajstić information content (AvgIpc) is 3.13. The smallest absolute Gasteiger partial charge is 0.253 e. The molecule has 1 aliphatic rings. The van der Waals surface area contributed by atoms with Gasteiger partial charge in [-0.15, -0.1) is 0 Å². The van der Waals surface area contributed by atoms with Crippen LogP contribution in [0.15, 0.2) is 31.0 Å². The lowest BCUT2D eigenvalue weighted by Crippen LogP contribution is -2.34. The highest BCUT2D eigenvalue weighted by Crippen LogP contribution is 2.24. The summed E-state index contributed by atoms with van der Waals surface area (Å²) in [6.45, 7) is 8.04. The van der Waals surface area contributed by atoms with Gasteiger partial charge in [-0.3, -0.25) is 4.79 Å². The van der Waals surface area contributed by atoms with Crippen LogP contribution in [0.5, 0.6) is 0 Å². The molecule has 0 bridgehead atoms. The number of hydrogen-bond acceptors (Lipinski definition) is 2. The Labute approximate surface area is 124 Å². The van der Waals surface area contributed by atoms with Crippen molar-refractivity contribution in [1.29, 1.82) is 0 Å². The van der Waals surface area contributed by atoms with Crippen molar-refractivity contribution in [1.82, 2.24) is 9.88 Å². The van der Waals surface area contributed by atoms with Crippen LogP contribution in [0.3, 0.4) is 0 Å². The molecule has 2 heterocycles. The van der Waals surface area contributed by atoms with Gasteiger partial charge in [-0.1, -0.05) is 24.8 Å². The number of benzene rings is 1. The third kappa shape index (κ3) is 2.59. The normalized spacial score (nSPS) is 18.0. The molecule has 21 heavy (non-hydrogen) atoms. The first-order valence-electron chi connectivity index (χ1n) is 7.37. The Kier molecular flexibility index (Phi) is 3.80. The summed E-state index contributed by atoms with van der Waals surface area (Å²) in [5, 5.41) is 4.04. The van der Waals surface area contributed by atoms with E-state index in [4.69, 9.17) is 4.74 Å². The molecular weight excluding hydrogens is 264 g/mol. The molecule has 0 spiro atoms. The highest BCUT2D eigenvalue weighted by Gasteiger charge is 2.21. The standard InChI is InChI=1S/C17H20N2O2/c1-3-12-5-6-14-15(10-19(4-2)16(14)9-12)17(20)18-13-7-8-21-11-13/h3,5-6,9-10,13H,1,4,7-8,11H2,2H3,(H,18,20). The number of aromatic nitrogens is 1. The summed E-state index contributed by atoms with van der Waals surface area (Å²) in [6.07, 6.45) is 4.64. The largest absolute Gasteiger partial charge is 0.379 e. The van der Waals surface area contributed by atoms with Crippen molar-refractivity contribution in [3.05, 3.63) is 42.1 Å². The van der Waals surface area contributed by atoms with Crippen molar-refractivity contribution in [2.75, 3.05) is 13.2 Å². The van der Waals surface area contributed by atoms with Crippen LogP contribution in [-0.4, -0.2) is 29.7 Å². The van der Waals surface area contributed by atoms with Crippen LogP contribution in [0, 0.1) is 0 Å².